The minimum absolute atomic E-state index is 0.526. The van der Waals surface area contributed by atoms with Gasteiger partial charge < -0.3 is 10.6 Å². The standard InChI is InChI=1S/C14H16ClN3/c15-12-3-4-13(14-11(12)2-1-7-17-14)18-10-5-8-16-9-6-10/h1-4,7,10,16,18H,5-6,8-9H2. The third kappa shape index (κ3) is 2.28. The van der Waals surface area contributed by atoms with Gasteiger partial charge in [-0.25, -0.2) is 0 Å². The number of piperidine rings is 1. The zero-order valence-corrected chi connectivity index (χ0v) is 10.9. The smallest absolute Gasteiger partial charge is 0.0948 e. The zero-order chi connectivity index (χ0) is 12.4. The molecule has 3 nitrogen and oxygen atoms in total. The maximum Gasteiger partial charge on any atom is 0.0948 e. The van der Waals surface area contributed by atoms with E-state index in [1.165, 1.54) is 0 Å². The van der Waals surface area contributed by atoms with Crippen molar-refractivity contribution in [1.82, 2.24) is 10.3 Å². The number of hydrogen-bond acceptors (Lipinski definition) is 3. The molecule has 2 aromatic rings. The molecule has 0 amide bonds. The summed E-state index contributed by atoms with van der Waals surface area (Å²) in [6, 6.07) is 8.42. The van der Waals surface area contributed by atoms with Gasteiger partial charge in [-0.1, -0.05) is 11.6 Å². The van der Waals surface area contributed by atoms with Crippen molar-refractivity contribution >= 4 is 28.2 Å². The zero-order valence-electron chi connectivity index (χ0n) is 10.1. The Morgan fingerprint density at radius 3 is 2.89 bits per heavy atom. The number of rotatable bonds is 2. The summed E-state index contributed by atoms with van der Waals surface area (Å²) in [7, 11) is 0. The minimum Gasteiger partial charge on any atom is -0.380 e. The molecule has 2 heterocycles. The van der Waals surface area contributed by atoms with Crippen molar-refractivity contribution in [3.05, 3.63) is 35.5 Å². The van der Waals surface area contributed by atoms with Crippen LogP contribution in [0, 0.1) is 0 Å². The number of fused-ring (bicyclic) bond motifs is 1. The van der Waals surface area contributed by atoms with Crippen LogP contribution >= 0.6 is 11.6 Å². The van der Waals surface area contributed by atoms with E-state index >= 15 is 0 Å². The molecule has 1 aliphatic heterocycles. The summed E-state index contributed by atoms with van der Waals surface area (Å²) in [5.74, 6) is 0. The molecular formula is C14H16ClN3. The van der Waals surface area contributed by atoms with Gasteiger partial charge in [0, 0.05) is 17.6 Å². The summed E-state index contributed by atoms with van der Waals surface area (Å²) >= 11 is 6.19. The second kappa shape index (κ2) is 5.12. The Morgan fingerprint density at radius 1 is 1.22 bits per heavy atom. The van der Waals surface area contributed by atoms with E-state index in [2.05, 4.69) is 15.6 Å². The monoisotopic (exact) mass is 261 g/mol. The molecule has 0 radical (unpaired) electrons. The van der Waals surface area contributed by atoms with E-state index in [1.54, 1.807) is 0 Å². The van der Waals surface area contributed by atoms with Gasteiger partial charge in [0.2, 0.25) is 0 Å². The second-order valence-electron chi connectivity index (χ2n) is 4.66. The molecule has 1 saturated heterocycles. The van der Waals surface area contributed by atoms with Crippen molar-refractivity contribution < 1.29 is 0 Å². The number of benzene rings is 1. The molecule has 1 aromatic heterocycles. The molecule has 3 rings (SSSR count). The van der Waals surface area contributed by atoms with Gasteiger partial charge in [0.25, 0.3) is 0 Å². The lowest BCUT2D eigenvalue weighted by Crippen LogP contribution is -2.35. The van der Waals surface area contributed by atoms with Crippen LogP contribution in [-0.4, -0.2) is 24.1 Å². The Balaban J connectivity index is 1.94. The number of halogens is 1. The van der Waals surface area contributed by atoms with Gasteiger partial charge in [-0.2, -0.15) is 0 Å². The second-order valence-corrected chi connectivity index (χ2v) is 5.07. The quantitative estimate of drug-likeness (QED) is 0.873. The SMILES string of the molecule is Clc1ccc(NC2CCNCC2)c2ncccc12. The van der Waals surface area contributed by atoms with Crippen molar-refractivity contribution in [2.75, 3.05) is 18.4 Å². The van der Waals surface area contributed by atoms with Gasteiger partial charge in [0.1, 0.15) is 0 Å². The third-order valence-corrected chi connectivity index (χ3v) is 3.74. The maximum atomic E-state index is 6.19. The molecule has 2 N–H and O–H groups in total. The molecule has 18 heavy (non-hydrogen) atoms. The van der Waals surface area contributed by atoms with Crippen molar-refractivity contribution in [2.45, 2.75) is 18.9 Å². The van der Waals surface area contributed by atoms with Crippen LogP contribution in [0.5, 0.6) is 0 Å². The van der Waals surface area contributed by atoms with Gasteiger partial charge in [0.15, 0.2) is 0 Å². The summed E-state index contributed by atoms with van der Waals surface area (Å²) in [6.07, 6.45) is 4.11. The number of pyridine rings is 1. The summed E-state index contributed by atoms with van der Waals surface area (Å²) in [5, 5.41) is 8.73. The van der Waals surface area contributed by atoms with E-state index in [4.69, 9.17) is 11.6 Å². The molecule has 0 saturated carbocycles. The first kappa shape index (κ1) is 11.8. The first-order valence-electron chi connectivity index (χ1n) is 6.35. The van der Waals surface area contributed by atoms with Crippen LogP contribution < -0.4 is 10.6 Å². The fourth-order valence-electron chi connectivity index (χ4n) is 2.44. The molecule has 4 heteroatoms. The Bertz CT molecular complexity index is 550. The van der Waals surface area contributed by atoms with Crippen LogP contribution in [0.4, 0.5) is 5.69 Å². The molecule has 0 spiro atoms. The Kier molecular flexibility index (Phi) is 3.35. The van der Waals surface area contributed by atoms with Crippen LogP contribution in [0.1, 0.15) is 12.8 Å². The fourth-order valence-corrected chi connectivity index (χ4v) is 2.66. The van der Waals surface area contributed by atoms with E-state index in [-0.39, 0.29) is 0 Å². The third-order valence-electron chi connectivity index (χ3n) is 3.42. The van der Waals surface area contributed by atoms with Gasteiger partial charge in [-0.3, -0.25) is 4.98 Å². The van der Waals surface area contributed by atoms with Crippen molar-refractivity contribution in [2.24, 2.45) is 0 Å². The van der Waals surface area contributed by atoms with Gasteiger partial charge >= 0.3 is 0 Å². The number of hydrogen-bond donors (Lipinski definition) is 2. The molecule has 0 bridgehead atoms. The Labute approximate surface area is 112 Å². The highest BCUT2D eigenvalue weighted by Crippen LogP contribution is 2.28. The minimum atomic E-state index is 0.526. The van der Waals surface area contributed by atoms with Crippen LogP contribution in [0.15, 0.2) is 30.5 Å². The first-order valence-corrected chi connectivity index (χ1v) is 6.73. The molecule has 94 valence electrons. The summed E-state index contributed by atoms with van der Waals surface area (Å²) < 4.78 is 0. The van der Waals surface area contributed by atoms with E-state index in [0.29, 0.717) is 6.04 Å². The van der Waals surface area contributed by atoms with Crippen LogP contribution in [0.3, 0.4) is 0 Å². The average molecular weight is 262 g/mol. The average Bonchev–Trinajstić information content (AvgIpc) is 2.44. The Morgan fingerprint density at radius 2 is 2.06 bits per heavy atom. The van der Waals surface area contributed by atoms with E-state index in [0.717, 1.165) is 47.5 Å². The largest absolute Gasteiger partial charge is 0.380 e. The van der Waals surface area contributed by atoms with Gasteiger partial charge in [0.05, 0.1) is 16.2 Å². The summed E-state index contributed by atoms with van der Waals surface area (Å²) in [4.78, 5) is 4.44. The topological polar surface area (TPSA) is 37.0 Å². The number of nitrogens with one attached hydrogen (secondary N) is 2. The maximum absolute atomic E-state index is 6.19. The first-order chi connectivity index (χ1) is 8.84. The van der Waals surface area contributed by atoms with Gasteiger partial charge in [-0.05, 0) is 50.2 Å². The number of anilines is 1. The molecule has 0 unspecified atom stereocenters. The van der Waals surface area contributed by atoms with Crippen molar-refractivity contribution in [3.63, 3.8) is 0 Å². The lowest BCUT2D eigenvalue weighted by atomic mass is 10.1. The van der Waals surface area contributed by atoms with Gasteiger partial charge in [-0.15, -0.1) is 0 Å². The molecule has 0 aliphatic carbocycles. The molecule has 1 aliphatic rings. The number of aromatic nitrogens is 1. The highest BCUT2D eigenvalue weighted by molar-refractivity contribution is 6.35. The highest BCUT2D eigenvalue weighted by Gasteiger charge is 2.14. The van der Waals surface area contributed by atoms with E-state index < -0.39 is 0 Å². The molecular weight excluding hydrogens is 246 g/mol. The predicted octanol–water partition coefficient (Wildman–Crippen LogP) is 3.05. The normalized spacial score (nSPS) is 16.9. The fraction of sp³-hybridized carbons (Fsp3) is 0.357. The predicted molar refractivity (Wildman–Crippen MR) is 76.3 cm³/mol. The van der Waals surface area contributed by atoms with Crippen LogP contribution in [0.25, 0.3) is 10.9 Å². The summed E-state index contributed by atoms with van der Waals surface area (Å²) in [5.41, 5.74) is 2.05. The molecule has 1 fully saturated rings. The van der Waals surface area contributed by atoms with Crippen LogP contribution in [0.2, 0.25) is 5.02 Å². The van der Waals surface area contributed by atoms with Crippen LogP contribution in [-0.2, 0) is 0 Å². The van der Waals surface area contributed by atoms with Crippen molar-refractivity contribution in [3.8, 4) is 0 Å². The lowest BCUT2D eigenvalue weighted by molar-refractivity contribution is 0.479. The number of nitrogens with zero attached hydrogens (tertiary/aromatic N) is 1. The Hall–Kier alpha value is -1.32. The highest BCUT2D eigenvalue weighted by atomic mass is 35.5. The van der Waals surface area contributed by atoms with E-state index in [9.17, 15) is 0 Å². The van der Waals surface area contributed by atoms with Crippen molar-refractivity contribution in [1.29, 1.82) is 0 Å². The molecule has 0 atom stereocenters. The molecule has 1 aromatic carbocycles. The van der Waals surface area contributed by atoms with E-state index in [1.807, 2.05) is 30.5 Å². The lowest BCUT2D eigenvalue weighted by Gasteiger charge is -2.25. The summed E-state index contributed by atoms with van der Waals surface area (Å²) in [6.45, 7) is 2.16.